The summed E-state index contributed by atoms with van der Waals surface area (Å²) in [6.07, 6.45) is 5.32. The third kappa shape index (κ3) is 4.87. The summed E-state index contributed by atoms with van der Waals surface area (Å²) in [7, 11) is 0. The molecule has 1 aromatic rings. The van der Waals surface area contributed by atoms with Crippen LogP contribution in [0, 0.1) is 5.92 Å². The molecule has 1 aromatic carbocycles. The maximum Gasteiger partial charge on any atom is 0.0343 e. The minimum Gasteiger partial charge on any atom is -0.385 e. The van der Waals surface area contributed by atoms with E-state index in [0.717, 1.165) is 19.0 Å². The van der Waals surface area contributed by atoms with Gasteiger partial charge in [0.15, 0.2) is 0 Å². The first-order valence-corrected chi connectivity index (χ1v) is 7.83. The summed E-state index contributed by atoms with van der Waals surface area (Å²) < 4.78 is 0. The Morgan fingerprint density at radius 3 is 2.79 bits per heavy atom. The number of benzene rings is 1. The first kappa shape index (κ1) is 14.4. The van der Waals surface area contributed by atoms with Crippen molar-refractivity contribution in [2.75, 3.05) is 25.0 Å². The molecule has 1 atom stereocenters. The van der Waals surface area contributed by atoms with E-state index in [2.05, 4.69) is 48.3 Å². The Morgan fingerprint density at radius 2 is 2.05 bits per heavy atom. The fourth-order valence-corrected chi connectivity index (χ4v) is 2.87. The molecule has 1 fully saturated rings. The SMILES string of the molecule is CCCC(C)CNc1cccc(CN2CCCC2)c1. The number of nitrogens with one attached hydrogen (secondary N) is 1. The number of hydrogen-bond donors (Lipinski definition) is 1. The van der Waals surface area contributed by atoms with Crippen molar-refractivity contribution in [3.63, 3.8) is 0 Å². The molecule has 1 unspecified atom stereocenters. The van der Waals surface area contributed by atoms with Gasteiger partial charge < -0.3 is 5.32 Å². The van der Waals surface area contributed by atoms with Gasteiger partial charge in [-0.15, -0.1) is 0 Å². The van der Waals surface area contributed by atoms with Crippen LogP contribution in [0.15, 0.2) is 24.3 Å². The van der Waals surface area contributed by atoms with Crippen LogP contribution < -0.4 is 5.32 Å². The topological polar surface area (TPSA) is 15.3 Å². The van der Waals surface area contributed by atoms with Crippen LogP contribution in [-0.4, -0.2) is 24.5 Å². The second kappa shape index (κ2) is 7.54. The summed E-state index contributed by atoms with van der Waals surface area (Å²) in [5.74, 6) is 0.757. The summed E-state index contributed by atoms with van der Waals surface area (Å²) in [5.41, 5.74) is 2.72. The molecule has 106 valence electrons. The van der Waals surface area contributed by atoms with Crippen LogP contribution in [0.1, 0.15) is 45.1 Å². The van der Waals surface area contributed by atoms with E-state index in [1.807, 2.05) is 0 Å². The molecule has 1 saturated heterocycles. The van der Waals surface area contributed by atoms with Gasteiger partial charge in [-0.2, -0.15) is 0 Å². The molecule has 2 rings (SSSR count). The molecule has 0 saturated carbocycles. The Morgan fingerprint density at radius 1 is 1.26 bits per heavy atom. The minimum absolute atomic E-state index is 0.757. The Kier molecular flexibility index (Phi) is 5.71. The van der Waals surface area contributed by atoms with Crippen molar-refractivity contribution in [2.45, 2.75) is 46.1 Å². The van der Waals surface area contributed by atoms with Gasteiger partial charge >= 0.3 is 0 Å². The molecule has 2 nitrogen and oxygen atoms in total. The molecule has 0 aromatic heterocycles. The van der Waals surface area contributed by atoms with Crippen LogP contribution in [0.3, 0.4) is 0 Å². The Hall–Kier alpha value is -1.02. The van der Waals surface area contributed by atoms with Crippen LogP contribution >= 0.6 is 0 Å². The fraction of sp³-hybridized carbons (Fsp3) is 0.647. The van der Waals surface area contributed by atoms with Crippen molar-refractivity contribution in [2.24, 2.45) is 5.92 Å². The van der Waals surface area contributed by atoms with Crippen molar-refractivity contribution >= 4 is 5.69 Å². The zero-order valence-electron chi connectivity index (χ0n) is 12.5. The van der Waals surface area contributed by atoms with Gasteiger partial charge in [-0.25, -0.2) is 0 Å². The largest absolute Gasteiger partial charge is 0.385 e. The molecule has 0 spiro atoms. The lowest BCUT2D eigenvalue weighted by Crippen LogP contribution is -2.18. The normalized spacial score (nSPS) is 17.6. The molecule has 2 heteroatoms. The van der Waals surface area contributed by atoms with Crippen molar-refractivity contribution < 1.29 is 0 Å². The van der Waals surface area contributed by atoms with Crippen LogP contribution in [0.4, 0.5) is 5.69 Å². The van der Waals surface area contributed by atoms with Crippen LogP contribution in [0.2, 0.25) is 0 Å². The van der Waals surface area contributed by atoms with Crippen LogP contribution in [0.25, 0.3) is 0 Å². The Bertz CT molecular complexity index is 369. The highest BCUT2D eigenvalue weighted by Crippen LogP contribution is 2.17. The number of anilines is 1. The molecule has 0 radical (unpaired) electrons. The average molecular weight is 260 g/mol. The monoisotopic (exact) mass is 260 g/mol. The van der Waals surface area contributed by atoms with Gasteiger partial charge in [0.2, 0.25) is 0 Å². The molecule has 1 aliphatic rings. The second-order valence-corrected chi connectivity index (χ2v) is 5.96. The highest BCUT2D eigenvalue weighted by molar-refractivity contribution is 5.45. The summed E-state index contributed by atoms with van der Waals surface area (Å²) in [4.78, 5) is 2.55. The van der Waals surface area contributed by atoms with Gasteiger partial charge in [0.1, 0.15) is 0 Å². The maximum absolute atomic E-state index is 3.58. The predicted molar refractivity (Wildman–Crippen MR) is 83.5 cm³/mol. The van der Waals surface area contributed by atoms with Gasteiger partial charge in [-0.3, -0.25) is 4.90 Å². The molecule has 0 amide bonds. The molecular weight excluding hydrogens is 232 g/mol. The van der Waals surface area contributed by atoms with Crippen molar-refractivity contribution in [1.82, 2.24) is 4.90 Å². The van der Waals surface area contributed by atoms with Crippen molar-refractivity contribution in [1.29, 1.82) is 0 Å². The van der Waals surface area contributed by atoms with Gasteiger partial charge in [0.05, 0.1) is 0 Å². The zero-order valence-corrected chi connectivity index (χ0v) is 12.5. The van der Waals surface area contributed by atoms with E-state index in [0.29, 0.717) is 0 Å². The molecular formula is C17H28N2. The number of likely N-dealkylation sites (tertiary alicyclic amines) is 1. The van der Waals surface area contributed by atoms with Crippen LogP contribution in [-0.2, 0) is 6.54 Å². The van der Waals surface area contributed by atoms with E-state index in [1.54, 1.807) is 0 Å². The van der Waals surface area contributed by atoms with Crippen molar-refractivity contribution in [3.05, 3.63) is 29.8 Å². The Balaban J connectivity index is 1.84. The number of rotatable bonds is 7. The summed E-state index contributed by atoms with van der Waals surface area (Å²) in [6.45, 7) is 9.31. The highest BCUT2D eigenvalue weighted by atomic mass is 15.1. The van der Waals surface area contributed by atoms with Gasteiger partial charge in [-0.05, 0) is 56.0 Å². The molecule has 0 bridgehead atoms. The zero-order chi connectivity index (χ0) is 13.5. The van der Waals surface area contributed by atoms with E-state index in [-0.39, 0.29) is 0 Å². The molecule has 1 aliphatic heterocycles. The second-order valence-electron chi connectivity index (χ2n) is 5.96. The maximum atomic E-state index is 3.58. The van der Waals surface area contributed by atoms with E-state index < -0.39 is 0 Å². The first-order chi connectivity index (χ1) is 9.28. The van der Waals surface area contributed by atoms with E-state index in [9.17, 15) is 0 Å². The number of hydrogen-bond acceptors (Lipinski definition) is 2. The fourth-order valence-electron chi connectivity index (χ4n) is 2.87. The van der Waals surface area contributed by atoms with E-state index >= 15 is 0 Å². The summed E-state index contributed by atoms with van der Waals surface area (Å²) >= 11 is 0. The molecule has 1 heterocycles. The predicted octanol–water partition coefficient (Wildman–Crippen LogP) is 4.13. The van der Waals surface area contributed by atoms with Gasteiger partial charge in [0.25, 0.3) is 0 Å². The lowest BCUT2D eigenvalue weighted by Gasteiger charge is -2.16. The number of nitrogens with zero attached hydrogens (tertiary/aromatic N) is 1. The molecule has 1 N–H and O–H groups in total. The third-order valence-corrected chi connectivity index (χ3v) is 3.97. The average Bonchev–Trinajstić information content (AvgIpc) is 2.90. The standard InChI is InChI=1S/C17H28N2/c1-3-7-15(2)13-18-17-9-6-8-16(12-17)14-19-10-4-5-11-19/h6,8-9,12,15,18H,3-5,7,10-11,13-14H2,1-2H3. The molecule has 0 aliphatic carbocycles. The molecule has 19 heavy (non-hydrogen) atoms. The van der Waals surface area contributed by atoms with E-state index in [4.69, 9.17) is 0 Å². The van der Waals surface area contributed by atoms with Gasteiger partial charge in [0, 0.05) is 18.8 Å². The lowest BCUT2D eigenvalue weighted by atomic mass is 10.1. The smallest absolute Gasteiger partial charge is 0.0343 e. The summed E-state index contributed by atoms with van der Waals surface area (Å²) in [5, 5.41) is 3.58. The highest BCUT2D eigenvalue weighted by Gasteiger charge is 2.11. The minimum atomic E-state index is 0.757. The van der Waals surface area contributed by atoms with Crippen LogP contribution in [0.5, 0.6) is 0 Å². The van der Waals surface area contributed by atoms with E-state index in [1.165, 1.54) is 50.0 Å². The summed E-state index contributed by atoms with van der Waals surface area (Å²) in [6, 6.07) is 8.93. The van der Waals surface area contributed by atoms with Crippen molar-refractivity contribution in [3.8, 4) is 0 Å². The quantitative estimate of drug-likeness (QED) is 0.793. The van der Waals surface area contributed by atoms with Gasteiger partial charge in [-0.1, -0.05) is 32.4 Å². The first-order valence-electron chi connectivity index (χ1n) is 7.83. The lowest BCUT2D eigenvalue weighted by molar-refractivity contribution is 0.331. The third-order valence-electron chi connectivity index (χ3n) is 3.97. The Labute approximate surface area is 118 Å².